The Bertz CT molecular complexity index is 1200. The molecule has 1 heterocycles. The van der Waals surface area contributed by atoms with Crippen LogP contribution in [0.3, 0.4) is 0 Å². The van der Waals surface area contributed by atoms with Crippen molar-refractivity contribution in [3.63, 3.8) is 0 Å². The largest absolute Gasteiger partial charge is 0.507 e. The molecule has 0 atom stereocenters. The molecule has 1 saturated heterocycles. The number of piperidine rings is 1. The van der Waals surface area contributed by atoms with Gasteiger partial charge in [-0.25, -0.2) is 4.79 Å². The number of allylic oxidation sites excluding steroid dienone is 1. The Labute approximate surface area is 205 Å². The lowest BCUT2D eigenvalue weighted by atomic mass is 9.87. The fraction of sp³-hybridized carbons (Fsp3) is 0.385. The number of nitrogens with zero attached hydrogens (tertiary/aromatic N) is 1. The number of para-hydroxylation sites is 1. The minimum atomic E-state index is -2.77. The van der Waals surface area contributed by atoms with Gasteiger partial charge < -0.3 is 19.5 Å². The summed E-state index contributed by atoms with van der Waals surface area (Å²) >= 11 is 5.95. The number of aromatic hydroxyl groups is 1. The van der Waals surface area contributed by atoms with Crippen molar-refractivity contribution in [2.75, 3.05) is 20.1 Å². The lowest BCUT2D eigenvalue weighted by Crippen LogP contribution is -2.41. The van der Waals surface area contributed by atoms with Gasteiger partial charge in [0.25, 0.3) is 0 Å². The second-order valence-electron chi connectivity index (χ2n) is 8.88. The van der Waals surface area contributed by atoms with Crippen molar-refractivity contribution in [3.05, 3.63) is 64.2 Å². The summed E-state index contributed by atoms with van der Waals surface area (Å²) in [5.74, 6) is -1.02. The third-order valence-corrected chi connectivity index (χ3v) is 5.57. The minimum Gasteiger partial charge on any atom is -0.507 e. The van der Waals surface area contributed by atoms with E-state index in [-0.39, 0.29) is 45.7 Å². The number of amides is 1. The zero-order valence-corrected chi connectivity index (χ0v) is 19.6. The van der Waals surface area contributed by atoms with Crippen LogP contribution in [-0.4, -0.2) is 47.6 Å². The molecule has 0 spiro atoms. The van der Waals surface area contributed by atoms with E-state index in [1.165, 1.54) is 24.3 Å². The predicted octanol–water partition coefficient (Wildman–Crippen LogP) is 6.06. The maximum Gasteiger partial charge on any atom is 0.410 e. The number of rotatable bonds is 5. The van der Waals surface area contributed by atoms with Gasteiger partial charge >= 0.3 is 6.09 Å². The molecule has 0 radical (unpaired) electrons. The molecule has 0 aliphatic carbocycles. The van der Waals surface area contributed by atoms with E-state index >= 15 is 0 Å². The number of ketones is 1. The smallest absolute Gasteiger partial charge is 0.410 e. The predicted molar refractivity (Wildman–Crippen MR) is 129 cm³/mol. The van der Waals surface area contributed by atoms with E-state index in [9.17, 15) is 14.7 Å². The SMILES string of the molecule is [2H]C(=CC(=O)c1cccc(C2CCN(C(=O)OC(C)(C)C)CC2)c1O)c1ccc(Cl)cc1OC([2H])([2H])[2H]. The Kier molecular flexibility index (Phi) is 6.08. The van der Waals surface area contributed by atoms with E-state index in [0.717, 1.165) is 6.08 Å². The molecule has 0 unspecified atom stereocenters. The Balaban J connectivity index is 1.79. The first-order valence-electron chi connectivity index (χ1n) is 12.7. The lowest BCUT2D eigenvalue weighted by molar-refractivity contribution is 0.0204. The number of hydrogen-bond acceptors (Lipinski definition) is 5. The van der Waals surface area contributed by atoms with Gasteiger partial charge in [-0.05, 0) is 81.5 Å². The van der Waals surface area contributed by atoms with Gasteiger partial charge in [0.05, 0.1) is 18.1 Å². The highest BCUT2D eigenvalue weighted by atomic mass is 35.5. The molecule has 1 amide bonds. The van der Waals surface area contributed by atoms with Gasteiger partial charge in [0.2, 0.25) is 0 Å². The van der Waals surface area contributed by atoms with Crippen LogP contribution in [0.2, 0.25) is 5.02 Å². The second kappa shape index (κ2) is 10.3. The summed E-state index contributed by atoms with van der Waals surface area (Å²) in [4.78, 5) is 27.0. The van der Waals surface area contributed by atoms with Crippen molar-refractivity contribution < 1.29 is 29.7 Å². The highest BCUT2D eigenvalue weighted by molar-refractivity contribution is 6.30. The van der Waals surface area contributed by atoms with Crippen LogP contribution in [0.15, 0.2) is 42.5 Å². The highest BCUT2D eigenvalue weighted by Gasteiger charge is 2.29. The van der Waals surface area contributed by atoms with Crippen molar-refractivity contribution in [3.8, 4) is 11.5 Å². The van der Waals surface area contributed by atoms with Crippen LogP contribution < -0.4 is 4.74 Å². The summed E-state index contributed by atoms with van der Waals surface area (Å²) in [6.07, 6.45) is 1.80. The van der Waals surface area contributed by atoms with E-state index in [1.807, 2.05) is 20.8 Å². The van der Waals surface area contributed by atoms with Crippen LogP contribution in [0.25, 0.3) is 6.05 Å². The van der Waals surface area contributed by atoms with Crippen LogP contribution >= 0.6 is 11.6 Å². The monoisotopic (exact) mass is 475 g/mol. The first-order chi connectivity index (χ1) is 17.1. The van der Waals surface area contributed by atoms with Gasteiger partial charge in [0, 0.05) is 23.7 Å². The van der Waals surface area contributed by atoms with Crippen LogP contribution in [0.4, 0.5) is 4.79 Å². The standard InChI is InChI=1S/C26H30ClNO5/c1-26(2,3)33-25(31)28-14-12-17(13-15-28)20-6-5-7-21(24(20)30)22(29)11-9-18-8-10-19(27)16-23(18)32-4/h5-11,16-17,30H,12-15H2,1-4H3/i4D3,9D. The number of ether oxygens (including phenoxy) is 2. The van der Waals surface area contributed by atoms with E-state index in [0.29, 0.717) is 31.5 Å². The van der Waals surface area contributed by atoms with Crippen LogP contribution in [-0.2, 0) is 4.74 Å². The number of likely N-dealkylation sites (tertiary alicyclic amines) is 1. The molecule has 6 nitrogen and oxygen atoms in total. The molecular formula is C26H30ClNO5. The lowest BCUT2D eigenvalue weighted by Gasteiger charge is -2.33. The quantitative estimate of drug-likeness (QED) is 0.420. The van der Waals surface area contributed by atoms with Crippen molar-refractivity contribution in [1.29, 1.82) is 0 Å². The molecule has 0 aromatic heterocycles. The van der Waals surface area contributed by atoms with Crippen LogP contribution in [0.1, 0.15) is 66.5 Å². The first-order valence-corrected chi connectivity index (χ1v) is 11.0. The molecule has 1 fully saturated rings. The van der Waals surface area contributed by atoms with Gasteiger partial charge in [-0.1, -0.05) is 23.7 Å². The minimum absolute atomic E-state index is 0.0177. The van der Waals surface area contributed by atoms with E-state index in [4.69, 9.17) is 26.6 Å². The Morgan fingerprint density at radius 1 is 1.24 bits per heavy atom. The molecule has 1 aliphatic heterocycles. The van der Waals surface area contributed by atoms with E-state index in [1.54, 1.807) is 17.0 Å². The average Bonchev–Trinajstić information content (AvgIpc) is 2.77. The summed E-state index contributed by atoms with van der Waals surface area (Å²) in [6.45, 7) is 6.34. The van der Waals surface area contributed by atoms with Crippen molar-refractivity contribution in [2.45, 2.75) is 45.1 Å². The summed E-state index contributed by atoms with van der Waals surface area (Å²) in [5, 5.41) is 11.1. The number of benzene rings is 2. The number of carbonyl (C=O) groups excluding carboxylic acids is 2. The Morgan fingerprint density at radius 3 is 2.64 bits per heavy atom. The van der Waals surface area contributed by atoms with Crippen molar-refractivity contribution in [2.24, 2.45) is 0 Å². The molecule has 1 N–H and O–H groups in total. The molecule has 176 valence electrons. The molecule has 33 heavy (non-hydrogen) atoms. The third-order valence-electron chi connectivity index (χ3n) is 5.33. The topological polar surface area (TPSA) is 76.1 Å². The molecule has 0 saturated carbocycles. The Morgan fingerprint density at radius 2 is 1.97 bits per heavy atom. The van der Waals surface area contributed by atoms with E-state index < -0.39 is 18.4 Å². The number of carbonyl (C=O) groups is 2. The fourth-order valence-corrected chi connectivity index (χ4v) is 3.87. The average molecular weight is 476 g/mol. The second-order valence-corrected chi connectivity index (χ2v) is 9.32. The first kappa shape index (κ1) is 19.5. The highest BCUT2D eigenvalue weighted by Crippen LogP contribution is 2.36. The third kappa shape index (κ3) is 6.29. The summed E-state index contributed by atoms with van der Waals surface area (Å²) in [5.41, 5.74) is 0.0900. The maximum atomic E-state index is 13.0. The summed E-state index contributed by atoms with van der Waals surface area (Å²) < 4.78 is 40.7. The number of methoxy groups -OCH3 is 1. The van der Waals surface area contributed by atoms with Gasteiger partial charge in [-0.15, -0.1) is 0 Å². The molecule has 3 rings (SSSR count). The number of hydrogen-bond donors (Lipinski definition) is 1. The van der Waals surface area contributed by atoms with E-state index in [2.05, 4.69) is 0 Å². The van der Waals surface area contributed by atoms with Crippen LogP contribution in [0, 0.1) is 0 Å². The molecule has 2 aromatic carbocycles. The number of halogens is 1. The number of phenolic OH excluding ortho intramolecular Hbond substituents is 1. The summed E-state index contributed by atoms with van der Waals surface area (Å²) in [6, 6.07) is 8.68. The van der Waals surface area contributed by atoms with Crippen molar-refractivity contribution >= 4 is 29.5 Å². The normalized spacial score (nSPS) is 17.5. The van der Waals surface area contributed by atoms with Crippen molar-refractivity contribution in [1.82, 2.24) is 4.90 Å². The van der Waals surface area contributed by atoms with Gasteiger partial charge in [-0.2, -0.15) is 0 Å². The molecule has 7 heteroatoms. The maximum absolute atomic E-state index is 13.0. The Hall–Kier alpha value is -2.99. The summed E-state index contributed by atoms with van der Waals surface area (Å²) in [7, 11) is -2.77. The zero-order valence-electron chi connectivity index (χ0n) is 22.9. The van der Waals surface area contributed by atoms with Gasteiger partial charge in [0.15, 0.2) is 5.78 Å². The molecule has 2 aromatic rings. The number of phenols is 1. The van der Waals surface area contributed by atoms with Crippen LogP contribution in [0.5, 0.6) is 11.5 Å². The molecule has 1 aliphatic rings. The van der Waals surface area contributed by atoms with Gasteiger partial charge in [0.1, 0.15) is 17.1 Å². The van der Waals surface area contributed by atoms with Gasteiger partial charge in [-0.3, -0.25) is 4.79 Å². The fourth-order valence-electron chi connectivity index (χ4n) is 3.71. The zero-order chi connectivity index (χ0) is 27.5. The molecule has 0 bridgehead atoms. The molecular weight excluding hydrogens is 442 g/mol.